The first-order valence-electron chi connectivity index (χ1n) is 36.2. The Bertz CT molecular complexity index is 3670. The van der Waals surface area contributed by atoms with Gasteiger partial charge in [-0.2, -0.15) is 0 Å². The lowest BCUT2D eigenvalue weighted by Crippen LogP contribution is -2.61. The maximum absolute atomic E-state index is 15.5. The molecule has 0 spiro atoms. The number of fused-ring (bicyclic) bond motifs is 11. The number of rotatable bonds is 27. The number of carbonyl (C=O) groups is 11. The van der Waals surface area contributed by atoms with Gasteiger partial charge in [-0.15, -0.1) is 0 Å². The number of hydrogen-bond donors (Lipinski definition) is 14. The van der Waals surface area contributed by atoms with Crippen LogP contribution < -0.4 is 58.5 Å². The van der Waals surface area contributed by atoms with Gasteiger partial charge in [-0.05, 0) is 81.2 Å². The maximum atomic E-state index is 15.5. The summed E-state index contributed by atoms with van der Waals surface area (Å²) in [5.41, 5.74) is -2.94. The molecule has 14 N–H and O–H groups in total. The van der Waals surface area contributed by atoms with E-state index in [1.165, 1.54) is 52.1 Å². The summed E-state index contributed by atoms with van der Waals surface area (Å²) < 4.78 is 30.0. The zero-order valence-corrected chi connectivity index (χ0v) is 61.8. The number of carbonyl (C=O) groups excluding carboxylic acids is 11. The molecule has 0 unspecified atom stereocenters. The number of likely N-dealkylation sites (N-methyl/N-ethyl adjacent to an activating group) is 1. The summed E-state index contributed by atoms with van der Waals surface area (Å²) in [6.45, 7) is 9.97. The normalized spacial score (nSPS) is 26.7. The number of aromatic amines is 1. The van der Waals surface area contributed by atoms with Crippen molar-refractivity contribution in [1.29, 1.82) is 0 Å². The summed E-state index contributed by atoms with van der Waals surface area (Å²) in [5, 5.41) is 75.9. The zero-order valence-electron chi connectivity index (χ0n) is 61.8. The molecule has 4 bridgehead atoms. The van der Waals surface area contributed by atoms with Gasteiger partial charge in [-0.1, -0.05) is 109 Å². The predicted molar refractivity (Wildman–Crippen MR) is 382 cm³/mol. The first kappa shape index (κ1) is 86.5. The van der Waals surface area contributed by atoms with Gasteiger partial charge in [0.05, 0.1) is 24.7 Å². The fourth-order valence-electron chi connectivity index (χ4n) is 12.0. The molecular formula is C73H105N11O23. The van der Waals surface area contributed by atoms with Gasteiger partial charge in [0.25, 0.3) is 5.56 Å². The molecule has 3 aromatic rings. The molecule has 2 aromatic carbocycles. The van der Waals surface area contributed by atoms with Gasteiger partial charge >= 0.3 is 17.6 Å². The Balaban J connectivity index is 1.17. The molecule has 1 aromatic heterocycles. The molecule has 590 valence electrons. The summed E-state index contributed by atoms with van der Waals surface area (Å²) in [7, 11) is 1.28. The van der Waals surface area contributed by atoms with Crippen molar-refractivity contribution in [3.8, 4) is 5.75 Å². The monoisotopic (exact) mass is 1500 g/mol. The number of amides is 9. The van der Waals surface area contributed by atoms with E-state index in [9.17, 15) is 78.3 Å². The summed E-state index contributed by atoms with van der Waals surface area (Å²) in [6.07, 6.45) is -3.34. The number of nitrogens with zero attached hydrogens (tertiary/aromatic N) is 2. The van der Waals surface area contributed by atoms with Crippen molar-refractivity contribution in [2.45, 2.75) is 217 Å². The van der Waals surface area contributed by atoms with Crippen molar-refractivity contribution in [2.24, 2.45) is 17.8 Å². The van der Waals surface area contributed by atoms with Crippen LogP contribution in [0.5, 0.6) is 5.75 Å². The third-order valence-electron chi connectivity index (χ3n) is 19.1. The van der Waals surface area contributed by atoms with E-state index in [2.05, 4.69) is 42.5 Å². The third kappa shape index (κ3) is 25.6. The minimum Gasteiger partial charge on any atom is -0.487 e. The molecule has 0 radical (unpaired) electrons. The molecule has 0 saturated carbocycles. The molecule has 2 fully saturated rings. The fourth-order valence-corrected chi connectivity index (χ4v) is 12.0. The lowest BCUT2D eigenvalue weighted by Gasteiger charge is -2.34. The van der Waals surface area contributed by atoms with E-state index in [0.717, 1.165) is 66.5 Å². The van der Waals surface area contributed by atoms with Gasteiger partial charge in [0.2, 0.25) is 53.2 Å². The molecular weight excluding hydrogens is 1400 g/mol. The van der Waals surface area contributed by atoms with Gasteiger partial charge in [-0.3, -0.25) is 62.3 Å². The predicted octanol–water partition coefficient (Wildman–Crippen LogP) is -1.47. The van der Waals surface area contributed by atoms with Gasteiger partial charge in [0.15, 0.2) is 12.3 Å². The number of esters is 2. The molecule has 34 nitrogen and oxygen atoms in total. The number of aliphatic hydroxyl groups excluding tert-OH is 4. The Hall–Kier alpha value is -9.45. The number of aromatic nitrogens is 2. The van der Waals surface area contributed by atoms with Crippen LogP contribution in [0.25, 0.3) is 0 Å². The Kier molecular flexibility index (Phi) is 33.6. The zero-order chi connectivity index (χ0) is 78.8. The molecule has 4 aliphatic rings. The lowest BCUT2D eigenvalue weighted by molar-refractivity contribution is -0.160. The molecule has 17 atom stereocenters. The summed E-state index contributed by atoms with van der Waals surface area (Å²) in [6, 6.07) is 4.73. The van der Waals surface area contributed by atoms with Gasteiger partial charge in [-0.25, -0.2) is 9.59 Å². The Labute approximate surface area is 619 Å². The molecule has 9 amide bonds. The van der Waals surface area contributed by atoms with Crippen LogP contribution in [0.4, 0.5) is 0 Å². The third-order valence-corrected chi connectivity index (χ3v) is 19.1. The van der Waals surface area contributed by atoms with Crippen molar-refractivity contribution >= 4 is 65.1 Å². The highest BCUT2D eigenvalue weighted by molar-refractivity contribution is 5.98. The van der Waals surface area contributed by atoms with Gasteiger partial charge < -0.3 is 96.7 Å². The number of hydrogen-bond acceptors (Lipinski definition) is 23. The minimum absolute atomic E-state index is 0.00787. The van der Waals surface area contributed by atoms with Crippen LogP contribution in [-0.2, 0) is 78.1 Å². The van der Waals surface area contributed by atoms with Crippen molar-refractivity contribution in [3.05, 3.63) is 111 Å². The smallest absolute Gasteiger partial charge is 0.332 e. The van der Waals surface area contributed by atoms with E-state index in [0.29, 0.717) is 24.9 Å². The Morgan fingerprint density at radius 2 is 1.38 bits per heavy atom. The molecule has 7 rings (SSSR count). The van der Waals surface area contributed by atoms with E-state index in [1.54, 1.807) is 58.0 Å². The van der Waals surface area contributed by atoms with Crippen molar-refractivity contribution < 1.29 is 102 Å². The Morgan fingerprint density at radius 3 is 2.04 bits per heavy atom. The average molecular weight is 1500 g/mol. The van der Waals surface area contributed by atoms with Crippen LogP contribution in [-0.4, -0.2) is 230 Å². The number of benzene rings is 2. The van der Waals surface area contributed by atoms with Crippen molar-refractivity contribution in [1.82, 2.24) is 57.0 Å². The van der Waals surface area contributed by atoms with E-state index >= 15 is 9.59 Å². The molecule has 0 aliphatic carbocycles. The second-order valence-corrected chi connectivity index (χ2v) is 27.7. The first-order valence-corrected chi connectivity index (χ1v) is 36.2. The standard InChI is InChI=1S/C73H105N11O23/c1-10-41(4)57-66(96)82-60-47-25-27-48(28-26-47)106-45(8)73(102,39-103-34-19-14-12-11-13-18-32-74-52(86)23-20-24-53(87)75-36-51-62(92)63(93)70(107-51)84-33-30-55(89)78-72(84)101)31-29-54(88)76-37-56(90)104-38-49(71(100)105-44(7)59(68(98)79-57)81-64(94)42(5)61(91)40(2)3)77-67(97)58(43(6)85)80-65(95)50(83(9)69(60)99)35-46-21-16-15-17-22-46/h15-17,21-22,25-31,33,40-45,49-51,57-63,70,85,91-93,102H,10-14,18-20,23-24,32,34-39H2,1-9H3,(H,74,86)(H,75,87)(H,76,88)(H,77,97)(H,79,98)(H,80,95)(H,81,94)(H,82,96)(H,78,89,101)/b31-29+/t41-,42+,43+,44+,45-,49-,50-,51+,57+,58+,59-,60-,61+,62+,63+,70+,73+/m0/s1. The molecule has 2 saturated heterocycles. The fraction of sp³-hybridized carbons (Fsp3) is 0.603. The maximum Gasteiger partial charge on any atom is 0.332 e. The van der Waals surface area contributed by atoms with E-state index in [4.69, 9.17) is 23.7 Å². The van der Waals surface area contributed by atoms with E-state index in [-0.39, 0.29) is 62.5 Å². The van der Waals surface area contributed by atoms with E-state index < -0.39 is 199 Å². The first-order chi connectivity index (χ1) is 50.7. The second kappa shape index (κ2) is 41.6. The molecule has 107 heavy (non-hydrogen) atoms. The number of nitrogens with one attached hydrogen (secondary N) is 9. The quantitative estimate of drug-likeness (QED) is 0.0306. The van der Waals surface area contributed by atoms with Crippen LogP contribution in [0.15, 0.2) is 88.6 Å². The SMILES string of the molecule is CC[C@H](C)[C@H]1NC(=O)[C@@H](NC(=O)[C@H](C)[C@H](O)C(C)C)[C@@H](C)OC(=O)[C@@H]2COC(=O)CNC(=O)/C=C/[C@@](O)(COCCCCCCCCNC(=O)CCCC(=O)NC[C@H]3O[C@@H](n4ccc(=O)[nH]c4=O)[C@H](O)[C@@H]3O)[C@H](C)Oc3ccc(cc3)[C@H](NC1=O)C(=O)N(C)[C@@H](Cc1ccccc1)C(=O)N[C@H]([C@@H](C)O)C(=O)N2. The highest BCUT2D eigenvalue weighted by Crippen LogP contribution is 2.29. The summed E-state index contributed by atoms with van der Waals surface area (Å²) in [5.74, 6) is -12.4. The summed E-state index contributed by atoms with van der Waals surface area (Å²) >= 11 is 0. The van der Waals surface area contributed by atoms with Crippen LogP contribution in [0, 0.1) is 17.8 Å². The minimum atomic E-state index is -2.07. The highest BCUT2D eigenvalue weighted by Gasteiger charge is 2.46. The highest BCUT2D eigenvalue weighted by atomic mass is 16.6. The van der Waals surface area contributed by atoms with Gasteiger partial charge in [0, 0.05) is 64.3 Å². The topological polar surface area (TPSA) is 489 Å². The average Bonchev–Trinajstić information content (AvgIpc) is 1.77. The largest absolute Gasteiger partial charge is 0.487 e. The number of aliphatic hydroxyl groups is 5. The number of unbranched alkanes of at least 4 members (excludes halogenated alkanes) is 5. The molecule has 4 aliphatic heterocycles. The number of ether oxygens (including phenoxy) is 5. The van der Waals surface area contributed by atoms with Crippen LogP contribution >= 0.6 is 0 Å². The number of H-pyrrole nitrogens is 1. The molecule has 5 heterocycles. The van der Waals surface area contributed by atoms with Crippen molar-refractivity contribution in [3.63, 3.8) is 0 Å². The van der Waals surface area contributed by atoms with Gasteiger partial charge in [0.1, 0.15) is 85.2 Å². The second-order valence-electron chi connectivity index (χ2n) is 27.7. The number of cyclic esters (lactones) is 1. The lowest BCUT2D eigenvalue weighted by atomic mass is 9.93. The Morgan fingerprint density at radius 1 is 0.738 bits per heavy atom. The molecule has 34 heteroatoms. The van der Waals surface area contributed by atoms with E-state index in [1.807, 2.05) is 4.98 Å². The van der Waals surface area contributed by atoms with Crippen LogP contribution in [0.2, 0.25) is 0 Å². The van der Waals surface area contributed by atoms with Crippen molar-refractivity contribution in [2.75, 3.05) is 46.5 Å². The van der Waals surface area contributed by atoms with Crippen LogP contribution in [0.3, 0.4) is 0 Å². The van der Waals surface area contributed by atoms with Crippen LogP contribution in [0.1, 0.15) is 143 Å². The summed E-state index contributed by atoms with van der Waals surface area (Å²) in [4.78, 5) is 182.